The number of nitrogens with one attached hydrogen (secondary N) is 1. The summed E-state index contributed by atoms with van der Waals surface area (Å²) in [5.41, 5.74) is 2.58. The molecular weight excluding hydrogens is 242 g/mol. The van der Waals surface area contributed by atoms with Gasteiger partial charge < -0.3 is 5.32 Å². The van der Waals surface area contributed by atoms with E-state index >= 15 is 0 Å². The Morgan fingerprint density at radius 1 is 1.06 bits per heavy atom. The Morgan fingerprint density at radius 3 is 2.50 bits per heavy atom. The molecule has 2 aromatic rings. The van der Waals surface area contributed by atoms with Crippen LogP contribution in [0.15, 0.2) is 54.6 Å². The van der Waals surface area contributed by atoms with E-state index in [0.29, 0.717) is 6.04 Å². The summed E-state index contributed by atoms with van der Waals surface area (Å²) in [6, 6.07) is 18.9. The van der Waals surface area contributed by atoms with Crippen LogP contribution in [0.25, 0.3) is 0 Å². The molecule has 0 saturated heterocycles. The second kappa shape index (κ2) is 6.58. The highest BCUT2D eigenvalue weighted by Crippen LogP contribution is 2.21. The van der Waals surface area contributed by atoms with Crippen LogP contribution < -0.4 is 5.32 Å². The summed E-state index contributed by atoms with van der Waals surface area (Å²) in [5.74, 6) is 0. The maximum Gasteiger partial charge on any atom is 0.0409 e. The molecule has 2 heteroatoms. The molecule has 1 nitrogen and oxygen atoms in total. The number of hydrogen-bond donors (Lipinski definition) is 1. The third-order valence-corrected chi connectivity index (χ3v) is 3.22. The first-order valence-corrected chi connectivity index (χ1v) is 6.70. The number of benzene rings is 2. The molecule has 0 amide bonds. The Kier molecular flexibility index (Phi) is 4.80. The monoisotopic (exact) mass is 259 g/mol. The van der Waals surface area contributed by atoms with Crippen LogP contribution in [-0.4, -0.2) is 6.54 Å². The first-order valence-electron chi connectivity index (χ1n) is 6.32. The molecule has 18 heavy (non-hydrogen) atoms. The number of rotatable bonds is 5. The minimum Gasteiger partial charge on any atom is -0.310 e. The van der Waals surface area contributed by atoms with Crippen LogP contribution in [-0.2, 0) is 6.42 Å². The minimum atomic E-state index is 0.316. The molecule has 1 unspecified atom stereocenters. The quantitative estimate of drug-likeness (QED) is 0.847. The summed E-state index contributed by atoms with van der Waals surface area (Å²) in [4.78, 5) is 0. The smallest absolute Gasteiger partial charge is 0.0409 e. The summed E-state index contributed by atoms with van der Waals surface area (Å²) in [6.45, 7) is 3.08. The normalized spacial score (nSPS) is 12.3. The summed E-state index contributed by atoms with van der Waals surface area (Å²) in [6.07, 6.45) is 0.981. The van der Waals surface area contributed by atoms with Crippen LogP contribution in [0.4, 0.5) is 0 Å². The standard InChI is InChI=1S/C16H18ClN/c1-2-18-16(11-13-7-4-3-5-8-13)14-9-6-10-15(17)12-14/h3-10,12,16,18H,2,11H2,1H3. The molecule has 0 aliphatic carbocycles. The lowest BCUT2D eigenvalue weighted by atomic mass is 9.99. The second-order valence-corrected chi connectivity index (χ2v) is 4.79. The van der Waals surface area contributed by atoms with Gasteiger partial charge in [-0.3, -0.25) is 0 Å². The largest absolute Gasteiger partial charge is 0.310 e. The highest BCUT2D eigenvalue weighted by atomic mass is 35.5. The molecule has 0 radical (unpaired) electrons. The van der Waals surface area contributed by atoms with Gasteiger partial charge in [-0.15, -0.1) is 0 Å². The van der Waals surface area contributed by atoms with Crippen molar-refractivity contribution < 1.29 is 0 Å². The molecule has 0 heterocycles. The molecule has 0 aliphatic heterocycles. The Labute approximate surface area is 114 Å². The summed E-state index contributed by atoms with van der Waals surface area (Å²) in [7, 11) is 0. The van der Waals surface area contributed by atoms with E-state index in [1.165, 1.54) is 11.1 Å². The van der Waals surface area contributed by atoms with E-state index in [1.54, 1.807) is 0 Å². The van der Waals surface area contributed by atoms with Crippen molar-refractivity contribution in [2.24, 2.45) is 0 Å². The van der Waals surface area contributed by atoms with Crippen molar-refractivity contribution in [2.45, 2.75) is 19.4 Å². The number of halogens is 1. The zero-order chi connectivity index (χ0) is 12.8. The maximum absolute atomic E-state index is 6.06. The zero-order valence-corrected chi connectivity index (χ0v) is 11.3. The van der Waals surface area contributed by atoms with Crippen molar-refractivity contribution in [3.63, 3.8) is 0 Å². The predicted molar refractivity (Wildman–Crippen MR) is 78.0 cm³/mol. The van der Waals surface area contributed by atoms with Crippen LogP contribution >= 0.6 is 11.6 Å². The Bertz CT molecular complexity index is 481. The van der Waals surface area contributed by atoms with E-state index in [0.717, 1.165) is 18.0 Å². The van der Waals surface area contributed by atoms with Gasteiger partial charge in [-0.1, -0.05) is 61.0 Å². The molecular formula is C16H18ClN. The topological polar surface area (TPSA) is 12.0 Å². The van der Waals surface area contributed by atoms with Crippen molar-refractivity contribution >= 4 is 11.6 Å². The lowest BCUT2D eigenvalue weighted by Crippen LogP contribution is -2.22. The van der Waals surface area contributed by atoms with Gasteiger partial charge in [0, 0.05) is 11.1 Å². The molecule has 0 aromatic heterocycles. The third-order valence-electron chi connectivity index (χ3n) is 2.98. The van der Waals surface area contributed by atoms with E-state index < -0.39 is 0 Å². The van der Waals surface area contributed by atoms with Crippen molar-refractivity contribution in [3.8, 4) is 0 Å². The van der Waals surface area contributed by atoms with Crippen molar-refractivity contribution in [2.75, 3.05) is 6.54 Å². The Morgan fingerprint density at radius 2 is 1.83 bits per heavy atom. The van der Waals surface area contributed by atoms with Crippen LogP contribution in [0.5, 0.6) is 0 Å². The van der Waals surface area contributed by atoms with Crippen LogP contribution in [0.1, 0.15) is 24.1 Å². The molecule has 0 bridgehead atoms. The third kappa shape index (κ3) is 3.59. The van der Waals surface area contributed by atoms with Crippen LogP contribution in [0.3, 0.4) is 0 Å². The van der Waals surface area contributed by atoms with E-state index in [9.17, 15) is 0 Å². The van der Waals surface area contributed by atoms with Gasteiger partial charge in [-0.05, 0) is 36.2 Å². The molecule has 1 N–H and O–H groups in total. The first kappa shape index (κ1) is 13.1. The number of hydrogen-bond acceptors (Lipinski definition) is 1. The van der Waals surface area contributed by atoms with E-state index in [-0.39, 0.29) is 0 Å². The van der Waals surface area contributed by atoms with E-state index in [4.69, 9.17) is 11.6 Å². The van der Waals surface area contributed by atoms with E-state index in [1.807, 2.05) is 24.3 Å². The number of likely N-dealkylation sites (N-methyl/N-ethyl adjacent to an activating group) is 1. The van der Waals surface area contributed by atoms with Gasteiger partial charge in [0.15, 0.2) is 0 Å². The maximum atomic E-state index is 6.06. The SMILES string of the molecule is CCNC(Cc1ccccc1)c1cccc(Cl)c1. The van der Waals surface area contributed by atoms with Gasteiger partial charge in [0.25, 0.3) is 0 Å². The van der Waals surface area contributed by atoms with Gasteiger partial charge >= 0.3 is 0 Å². The molecule has 0 fully saturated rings. The fourth-order valence-electron chi connectivity index (χ4n) is 2.13. The molecule has 2 rings (SSSR count). The molecule has 0 aliphatic rings. The lowest BCUT2D eigenvalue weighted by molar-refractivity contribution is 0.550. The Balaban J connectivity index is 2.18. The average Bonchev–Trinajstić information content (AvgIpc) is 2.39. The fraction of sp³-hybridized carbons (Fsp3) is 0.250. The summed E-state index contributed by atoms with van der Waals surface area (Å²) < 4.78 is 0. The highest BCUT2D eigenvalue weighted by Gasteiger charge is 2.11. The predicted octanol–water partition coefficient (Wildman–Crippen LogP) is 4.23. The van der Waals surface area contributed by atoms with Crippen molar-refractivity contribution in [1.29, 1.82) is 0 Å². The fourth-order valence-corrected chi connectivity index (χ4v) is 2.33. The zero-order valence-electron chi connectivity index (χ0n) is 10.6. The van der Waals surface area contributed by atoms with Crippen LogP contribution in [0, 0.1) is 0 Å². The second-order valence-electron chi connectivity index (χ2n) is 4.35. The van der Waals surface area contributed by atoms with Crippen molar-refractivity contribution in [1.82, 2.24) is 5.32 Å². The van der Waals surface area contributed by atoms with Gasteiger partial charge in [-0.25, -0.2) is 0 Å². The average molecular weight is 260 g/mol. The summed E-state index contributed by atoms with van der Waals surface area (Å²) in [5, 5.41) is 4.31. The van der Waals surface area contributed by atoms with Crippen molar-refractivity contribution in [3.05, 3.63) is 70.7 Å². The highest BCUT2D eigenvalue weighted by molar-refractivity contribution is 6.30. The molecule has 0 saturated carbocycles. The van der Waals surface area contributed by atoms with Crippen LogP contribution in [0.2, 0.25) is 5.02 Å². The molecule has 2 aromatic carbocycles. The van der Waals surface area contributed by atoms with Gasteiger partial charge in [0.2, 0.25) is 0 Å². The van der Waals surface area contributed by atoms with E-state index in [2.05, 4.69) is 42.6 Å². The minimum absolute atomic E-state index is 0.316. The lowest BCUT2D eigenvalue weighted by Gasteiger charge is -2.18. The molecule has 1 atom stereocenters. The first-order chi connectivity index (χ1) is 8.79. The molecule has 0 spiro atoms. The van der Waals surface area contributed by atoms with Gasteiger partial charge in [0.05, 0.1) is 0 Å². The van der Waals surface area contributed by atoms with Gasteiger partial charge in [0.1, 0.15) is 0 Å². The van der Waals surface area contributed by atoms with Gasteiger partial charge in [-0.2, -0.15) is 0 Å². The Hall–Kier alpha value is -1.31. The molecule has 94 valence electrons. The summed E-state index contributed by atoms with van der Waals surface area (Å²) >= 11 is 6.06.